The molecule has 5 nitrogen and oxygen atoms in total. The zero-order valence-electron chi connectivity index (χ0n) is 14.2. The average Bonchev–Trinajstić information content (AvgIpc) is 3.02. The summed E-state index contributed by atoms with van der Waals surface area (Å²) in [6.45, 7) is -0.0701. The van der Waals surface area contributed by atoms with Crippen LogP contribution in [0.15, 0.2) is 53.1 Å². The Morgan fingerprint density at radius 3 is 2.68 bits per heavy atom. The Morgan fingerprint density at radius 2 is 2.00 bits per heavy atom. The standard InChI is InChI=1S/C19H13BrF3N3O2/c20-13-2-4-16-11(7-13)5-6-26(16)10-17(27)18(28)25-14-3-1-12(9-24)15(8-14)19(21,22)23/h1-8,17,27H,10H2,(H,25,28)/t17-/m0/s1. The summed E-state index contributed by atoms with van der Waals surface area (Å²) >= 11 is 3.36. The van der Waals surface area contributed by atoms with Gasteiger partial charge in [0, 0.05) is 27.3 Å². The molecule has 28 heavy (non-hydrogen) atoms. The Balaban J connectivity index is 1.76. The van der Waals surface area contributed by atoms with Gasteiger partial charge in [-0.25, -0.2) is 0 Å². The lowest BCUT2D eigenvalue weighted by Crippen LogP contribution is -2.31. The molecule has 0 aliphatic carbocycles. The van der Waals surface area contributed by atoms with E-state index in [1.165, 1.54) is 12.1 Å². The zero-order chi connectivity index (χ0) is 20.5. The van der Waals surface area contributed by atoms with Crippen molar-refractivity contribution in [3.05, 3.63) is 64.3 Å². The molecule has 0 aliphatic heterocycles. The van der Waals surface area contributed by atoms with Gasteiger partial charge in [0.05, 0.1) is 23.7 Å². The number of alkyl halides is 3. The molecule has 1 heterocycles. The molecule has 0 fully saturated rings. The first-order chi connectivity index (χ1) is 13.2. The number of halogens is 4. The number of rotatable bonds is 4. The van der Waals surface area contributed by atoms with Gasteiger partial charge in [-0.15, -0.1) is 0 Å². The van der Waals surface area contributed by atoms with Crippen LogP contribution < -0.4 is 5.32 Å². The van der Waals surface area contributed by atoms with Gasteiger partial charge < -0.3 is 15.0 Å². The van der Waals surface area contributed by atoms with Gasteiger partial charge in [0.15, 0.2) is 6.10 Å². The highest BCUT2D eigenvalue weighted by molar-refractivity contribution is 9.10. The molecular formula is C19H13BrF3N3O2. The molecule has 0 aliphatic rings. The number of nitriles is 1. The second-order valence-electron chi connectivity index (χ2n) is 6.05. The number of carbonyl (C=O) groups is 1. The molecular weight excluding hydrogens is 439 g/mol. The average molecular weight is 452 g/mol. The van der Waals surface area contributed by atoms with Crippen molar-refractivity contribution in [3.8, 4) is 6.07 Å². The lowest BCUT2D eigenvalue weighted by Gasteiger charge is -2.15. The normalized spacial score (nSPS) is 12.6. The minimum Gasteiger partial charge on any atom is -0.381 e. The Labute approximate surface area is 166 Å². The number of aliphatic hydroxyl groups excluding tert-OH is 1. The number of anilines is 1. The third kappa shape index (κ3) is 4.18. The molecule has 2 N–H and O–H groups in total. The fourth-order valence-electron chi connectivity index (χ4n) is 2.78. The number of nitrogens with zero attached hydrogens (tertiary/aromatic N) is 2. The van der Waals surface area contributed by atoms with Crippen LogP contribution in [0.25, 0.3) is 10.9 Å². The second kappa shape index (κ2) is 7.66. The lowest BCUT2D eigenvalue weighted by atomic mass is 10.1. The maximum absolute atomic E-state index is 13.0. The second-order valence-corrected chi connectivity index (χ2v) is 6.96. The van der Waals surface area contributed by atoms with E-state index in [0.29, 0.717) is 6.07 Å². The highest BCUT2D eigenvalue weighted by Crippen LogP contribution is 2.33. The van der Waals surface area contributed by atoms with Crippen LogP contribution in [0, 0.1) is 11.3 Å². The van der Waals surface area contributed by atoms with Crippen molar-refractivity contribution in [2.45, 2.75) is 18.8 Å². The number of fused-ring (bicyclic) bond motifs is 1. The fraction of sp³-hybridized carbons (Fsp3) is 0.158. The quantitative estimate of drug-likeness (QED) is 0.620. The molecule has 0 saturated heterocycles. The Morgan fingerprint density at radius 1 is 1.25 bits per heavy atom. The molecule has 9 heteroatoms. The van der Waals surface area contributed by atoms with E-state index in [2.05, 4.69) is 21.2 Å². The summed E-state index contributed by atoms with van der Waals surface area (Å²) < 4.78 is 41.6. The first-order valence-electron chi connectivity index (χ1n) is 8.03. The molecule has 0 bridgehead atoms. The number of amides is 1. The third-order valence-corrected chi connectivity index (χ3v) is 4.61. The van der Waals surface area contributed by atoms with Crippen LogP contribution >= 0.6 is 15.9 Å². The van der Waals surface area contributed by atoms with Crippen LogP contribution in [0.4, 0.5) is 18.9 Å². The van der Waals surface area contributed by atoms with E-state index in [0.717, 1.165) is 21.4 Å². The van der Waals surface area contributed by atoms with E-state index >= 15 is 0 Å². The summed E-state index contributed by atoms with van der Waals surface area (Å²) in [5.41, 5.74) is -1.05. The van der Waals surface area contributed by atoms with Gasteiger partial charge in [-0.2, -0.15) is 18.4 Å². The highest BCUT2D eigenvalue weighted by Gasteiger charge is 2.34. The van der Waals surface area contributed by atoms with E-state index in [4.69, 9.17) is 5.26 Å². The molecule has 3 aromatic rings. The Kier molecular flexibility index (Phi) is 5.45. The van der Waals surface area contributed by atoms with E-state index in [9.17, 15) is 23.1 Å². The van der Waals surface area contributed by atoms with Crippen LogP contribution in [0.1, 0.15) is 11.1 Å². The van der Waals surface area contributed by atoms with Crippen molar-refractivity contribution in [1.82, 2.24) is 4.57 Å². The van der Waals surface area contributed by atoms with Gasteiger partial charge >= 0.3 is 6.18 Å². The van der Waals surface area contributed by atoms with Gasteiger partial charge in [0.2, 0.25) is 0 Å². The molecule has 0 saturated carbocycles. The number of nitrogens with one attached hydrogen (secondary N) is 1. The summed E-state index contributed by atoms with van der Waals surface area (Å²) in [5, 5.41) is 22.1. The summed E-state index contributed by atoms with van der Waals surface area (Å²) in [6.07, 6.45) is -4.51. The topological polar surface area (TPSA) is 78.1 Å². The van der Waals surface area contributed by atoms with Crippen LogP contribution in [-0.4, -0.2) is 21.7 Å². The minimum absolute atomic E-state index is 0.0701. The molecule has 1 aromatic heterocycles. The maximum atomic E-state index is 13.0. The zero-order valence-corrected chi connectivity index (χ0v) is 15.8. The Bertz CT molecular complexity index is 1090. The Hall–Kier alpha value is -2.83. The first-order valence-corrected chi connectivity index (χ1v) is 8.83. The number of aliphatic hydroxyl groups is 1. The van der Waals surface area contributed by atoms with Gasteiger partial charge in [0.25, 0.3) is 5.91 Å². The molecule has 1 amide bonds. The monoisotopic (exact) mass is 451 g/mol. The lowest BCUT2D eigenvalue weighted by molar-refractivity contribution is -0.137. The molecule has 1 atom stereocenters. The van der Waals surface area contributed by atoms with E-state index in [-0.39, 0.29) is 12.2 Å². The number of aromatic nitrogens is 1. The van der Waals surface area contributed by atoms with Crippen molar-refractivity contribution in [2.75, 3.05) is 5.32 Å². The molecule has 2 aromatic carbocycles. The third-order valence-electron chi connectivity index (χ3n) is 4.12. The molecule has 0 spiro atoms. The van der Waals surface area contributed by atoms with Crippen LogP contribution in [0.2, 0.25) is 0 Å². The number of carbonyl (C=O) groups excluding carboxylic acids is 1. The van der Waals surface area contributed by atoms with Gasteiger partial charge in [0.1, 0.15) is 0 Å². The van der Waals surface area contributed by atoms with Gasteiger partial charge in [-0.3, -0.25) is 4.79 Å². The molecule has 0 radical (unpaired) electrons. The smallest absolute Gasteiger partial charge is 0.381 e. The first kappa shape index (κ1) is 19.9. The van der Waals surface area contributed by atoms with Crippen molar-refractivity contribution in [1.29, 1.82) is 5.26 Å². The minimum atomic E-state index is -4.73. The molecule has 0 unspecified atom stereocenters. The molecule has 3 rings (SSSR count). The maximum Gasteiger partial charge on any atom is 0.417 e. The van der Waals surface area contributed by atoms with E-state index < -0.39 is 29.3 Å². The summed E-state index contributed by atoms with van der Waals surface area (Å²) in [4.78, 5) is 12.2. The van der Waals surface area contributed by atoms with Crippen molar-refractivity contribution >= 4 is 38.4 Å². The van der Waals surface area contributed by atoms with Gasteiger partial charge in [-0.1, -0.05) is 15.9 Å². The SMILES string of the molecule is N#Cc1ccc(NC(=O)[C@@H](O)Cn2ccc3cc(Br)ccc32)cc1C(F)(F)F. The van der Waals surface area contributed by atoms with Crippen LogP contribution in [0.3, 0.4) is 0 Å². The van der Waals surface area contributed by atoms with Crippen molar-refractivity contribution in [2.24, 2.45) is 0 Å². The summed E-state index contributed by atoms with van der Waals surface area (Å²) in [6, 6.07) is 11.6. The number of benzene rings is 2. The number of hydrogen-bond donors (Lipinski definition) is 2. The largest absolute Gasteiger partial charge is 0.417 e. The van der Waals surface area contributed by atoms with E-state index in [1.807, 2.05) is 24.3 Å². The van der Waals surface area contributed by atoms with Crippen molar-refractivity contribution < 1.29 is 23.1 Å². The van der Waals surface area contributed by atoms with Crippen LogP contribution in [-0.2, 0) is 17.5 Å². The summed E-state index contributed by atoms with van der Waals surface area (Å²) in [5.74, 6) is -0.850. The fourth-order valence-corrected chi connectivity index (χ4v) is 3.16. The highest BCUT2D eigenvalue weighted by atomic mass is 79.9. The predicted octanol–water partition coefficient (Wildman–Crippen LogP) is 4.29. The summed E-state index contributed by atoms with van der Waals surface area (Å²) in [7, 11) is 0. The number of hydrogen-bond acceptors (Lipinski definition) is 3. The van der Waals surface area contributed by atoms with E-state index in [1.54, 1.807) is 10.8 Å². The predicted molar refractivity (Wildman–Crippen MR) is 100 cm³/mol. The molecule has 144 valence electrons. The van der Waals surface area contributed by atoms with Crippen molar-refractivity contribution in [3.63, 3.8) is 0 Å². The van der Waals surface area contributed by atoms with Crippen LogP contribution in [0.5, 0.6) is 0 Å². The van der Waals surface area contributed by atoms with Gasteiger partial charge in [-0.05, 0) is 42.5 Å².